The number of halogens is 1. The molecule has 0 spiro atoms. The molecule has 18 heavy (non-hydrogen) atoms. The number of pyridine rings is 1. The summed E-state index contributed by atoms with van der Waals surface area (Å²) in [5.41, 5.74) is 0.686. The van der Waals surface area contributed by atoms with Crippen LogP contribution in [0, 0.1) is 5.41 Å². The molecule has 1 heterocycles. The number of hydrogen-bond acceptors (Lipinski definition) is 3. The van der Waals surface area contributed by atoms with Crippen LogP contribution in [0.25, 0.3) is 0 Å². The monoisotopic (exact) mass is 268 g/mol. The van der Waals surface area contributed by atoms with E-state index in [4.69, 9.17) is 11.6 Å². The Hall–Kier alpha value is -0.800. The smallest absolute Gasteiger partial charge is 0.131 e. The summed E-state index contributed by atoms with van der Waals surface area (Å²) >= 11 is 5.82. The quantitative estimate of drug-likeness (QED) is 0.825. The first-order valence-electron chi connectivity index (χ1n) is 6.47. The van der Waals surface area contributed by atoms with Gasteiger partial charge in [-0.25, -0.2) is 4.98 Å². The van der Waals surface area contributed by atoms with E-state index in [2.05, 4.69) is 24.1 Å². The highest BCUT2D eigenvalue weighted by atomic mass is 35.5. The molecule has 3 nitrogen and oxygen atoms in total. The van der Waals surface area contributed by atoms with Crippen LogP contribution in [0.5, 0.6) is 0 Å². The Morgan fingerprint density at radius 3 is 2.61 bits per heavy atom. The summed E-state index contributed by atoms with van der Waals surface area (Å²) in [6.45, 7) is 5.11. The molecule has 4 heteroatoms. The van der Waals surface area contributed by atoms with Crippen LogP contribution in [0.3, 0.4) is 0 Å². The van der Waals surface area contributed by atoms with Crippen molar-refractivity contribution in [2.75, 3.05) is 11.9 Å². The van der Waals surface area contributed by atoms with Crippen molar-refractivity contribution in [1.82, 2.24) is 4.98 Å². The average Bonchev–Trinajstić information content (AvgIpc) is 2.32. The van der Waals surface area contributed by atoms with Crippen molar-refractivity contribution in [3.05, 3.63) is 23.5 Å². The van der Waals surface area contributed by atoms with Crippen LogP contribution in [0.1, 0.15) is 39.5 Å². The first-order chi connectivity index (χ1) is 8.39. The Kier molecular flexibility index (Phi) is 3.83. The lowest BCUT2D eigenvalue weighted by Gasteiger charge is -2.40. The van der Waals surface area contributed by atoms with Crippen molar-refractivity contribution >= 4 is 17.3 Å². The average molecular weight is 269 g/mol. The Bertz CT molecular complexity index is 410. The van der Waals surface area contributed by atoms with Crippen molar-refractivity contribution < 1.29 is 5.11 Å². The molecule has 0 aromatic carbocycles. The maximum absolute atomic E-state index is 10.5. The molecule has 1 saturated carbocycles. The van der Waals surface area contributed by atoms with E-state index in [-0.39, 0.29) is 0 Å². The van der Waals surface area contributed by atoms with Gasteiger partial charge in [0.25, 0.3) is 0 Å². The lowest BCUT2D eigenvalue weighted by atomic mass is 9.71. The Balaban J connectivity index is 1.90. The Morgan fingerprint density at radius 2 is 2.00 bits per heavy atom. The highest BCUT2D eigenvalue weighted by Gasteiger charge is 2.36. The molecule has 100 valence electrons. The summed E-state index contributed by atoms with van der Waals surface area (Å²) in [6.07, 6.45) is 5.51. The van der Waals surface area contributed by atoms with E-state index < -0.39 is 5.60 Å². The SMILES string of the molecule is CC1(C)CCC(O)(CNc2ccnc(Cl)c2)CC1. The fourth-order valence-corrected chi connectivity index (χ4v) is 2.52. The van der Waals surface area contributed by atoms with Crippen molar-refractivity contribution in [3.63, 3.8) is 0 Å². The van der Waals surface area contributed by atoms with Crippen molar-refractivity contribution in [2.45, 2.75) is 45.1 Å². The van der Waals surface area contributed by atoms with Crippen LogP contribution in [-0.2, 0) is 0 Å². The standard InChI is InChI=1S/C14H21ClN2O/c1-13(2)4-6-14(18,7-5-13)10-17-11-3-8-16-12(15)9-11/h3,8-9,18H,4-7,10H2,1-2H3,(H,16,17). The molecule has 0 atom stereocenters. The fraction of sp³-hybridized carbons (Fsp3) is 0.643. The second-order valence-corrected chi connectivity index (χ2v) is 6.50. The minimum Gasteiger partial charge on any atom is -0.388 e. The van der Waals surface area contributed by atoms with Crippen LogP contribution in [0.2, 0.25) is 5.15 Å². The van der Waals surface area contributed by atoms with Gasteiger partial charge in [-0.1, -0.05) is 25.4 Å². The summed E-state index contributed by atoms with van der Waals surface area (Å²) in [4.78, 5) is 3.93. The molecule has 0 saturated heterocycles. The molecule has 0 radical (unpaired) electrons. The van der Waals surface area contributed by atoms with E-state index in [9.17, 15) is 5.11 Å². The highest BCUT2D eigenvalue weighted by Crippen LogP contribution is 2.40. The lowest BCUT2D eigenvalue weighted by molar-refractivity contribution is -0.0145. The molecule has 0 aliphatic heterocycles. The van der Waals surface area contributed by atoms with E-state index in [1.165, 1.54) is 0 Å². The molecular weight excluding hydrogens is 248 g/mol. The molecule has 0 unspecified atom stereocenters. The van der Waals surface area contributed by atoms with Gasteiger partial charge in [0.1, 0.15) is 5.15 Å². The van der Waals surface area contributed by atoms with Crippen LogP contribution < -0.4 is 5.32 Å². The molecule has 1 aromatic heterocycles. The van der Waals surface area contributed by atoms with Gasteiger partial charge in [0.2, 0.25) is 0 Å². The van der Waals surface area contributed by atoms with E-state index >= 15 is 0 Å². The summed E-state index contributed by atoms with van der Waals surface area (Å²) in [5, 5.41) is 14.2. The molecular formula is C14H21ClN2O. The van der Waals surface area contributed by atoms with Gasteiger partial charge >= 0.3 is 0 Å². The number of nitrogens with zero attached hydrogens (tertiary/aromatic N) is 1. The van der Waals surface area contributed by atoms with E-state index in [0.29, 0.717) is 17.1 Å². The second kappa shape index (κ2) is 5.06. The fourth-order valence-electron chi connectivity index (χ4n) is 2.35. The van der Waals surface area contributed by atoms with Crippen LogP contribution in [-0.4, -0.2) is 22.2 Å². The van der Waals surface area contributed by atoms with Crippen LogP contribution >= 0.6 is 11.6 Å². The van der Waals surface area contributed by atoms with E-state index in [0.717, 1.165) is 31.4 Å². The minimum absolute atomic E-state index is 0.367. The zero-order chi connectivity index (χ0) is 13.2. The van der Waals surface area contributed by atoms with Gasteiger partial charge < -0.3 is 10.4 Å². The van der Waals surface area contributed by atoms with Gasteiger partial charge in [-0.15, -0.1) is 0 Å². The summed E-state index contributed by atoms with van der Waals surface area (Å²) < 4.78 is 0. The third kappa shape index (κ3) is 3.59. The third-order valence-electron chi connectivity index (χ3n) is 3.88. The normalized spacial score (nSPS) is 21.6. The van der Waals surface area contributed by atoms with Gasteiger partial charge in [0.05, 0.1) is 5.60 Å². The number of anilines is 1. The van der Waals surface area contributed by atoms with Crippen molar-refractivity contribution in [2.24, 2.45) is 5.41 Å². The predicted molar refractivity (Wildman–Crippen MR) is 74.9 cm³/mol. The number of nitrogens with one attached hydrogen (secondary N) is 1. The maximum Gasteiger partial charge on any atom is 0.131 e. The van der Waals surface area contributed by atoms with Gasteiger partial charge in [0.15, 0.2) is 0 Å². The van der Waals surface area contributed by atoms with Gasteiger partial charge in [-0.3, -0.25) is 0 Å². The van der Waals surface area contributed by atoms with Crippen LogP contribution in [0.15, 0.2) is 18.3 Å². The Morgan fingerprint density at radius 1 is 1.33 bits per heavy atom. The number of hydrogen-bond donors (Lipinski definition) is 2. The summed E-state index contributed by atoms with van der Waals surface area (Å²) in [5.74, 6) is 0. The zero-order valence-electron chi connectivity index (χ0n) is 11.0. The van der Waals surface area contributed by atoms with Crippen molar-refractivity contribution in [1.29, 1.82) is 0 Å². The predicted octanol–water partition coefficient (Wildman–Crippen LogP) is 3.48. The summed E-state index contributed by atoms with van der Waals surface area (Å²) in [7, 11) is 0. The molecule has 0 bridgehead atoms. The molecule has 2 rings (SSSR count). The molecule has 1 fully saturated rings. The molecule has 0 amide bonds. The lowest BCUT2D eigenvalue weighted by Crippen LogP contribution is -2.42. The van der Waals surface area contributed by atoms with E-state index in [1.54, 1.807) is 12.3 Å². The highest BCUT2D eigenvalue weighted by molar-refractivity contribution is 6.29. The maximum atomic E-state index is 10.5. The second-order valence-electron chi connectivity index (χ2n) is 6.11. The number of rotatable bonds is 3. The Labute approximate surface area is 114 Å². The topological polar surface area (TPSA) is 45.1 Å². The van der Waals surface area contributed by atoms with Crippen molar-refractivity contribution in [3.8, 4) is 0 Å². The summed E-state index contributed by atoms with van der Waals surface area (Å²) in [6, 6.07) is 3.64. The molecule has 1 aromatic rings. The number of aliphatic hydroxyl groups is 1. The number of aromatic nitrogens is 1. The molecule has 2 N–H and O–H groups in total. The first-order valence-corrected chi connectivity index (χ1v) is 6.84. The largest absolute Gasteiger partial charge is 0.388 e. The third-order valence-corrected chi connectivity index (χ3v) is 4.09. The molecule has 1 aliphatic rings. The van der Waals surface area contributed by atoms with Gasteiger partial charge in [-0.2, -0.15) is 0 Å². The minimum atomic E-state index is -0.592. The van der Waals surface area contributed by atoms with E-state index in [1.807, 2.05) is 6.07 Å². The van der Waals surface area contributed by atoms with Gasteiger partial charge in [-0.05, 0) is 43.2 Å². The zero-order valence-corrected chi connectivity index (χ0v) is 11.8. The van der Waals surface area contributed by atoms with Crippen LogP contribution in [0.4, 0.5) is 5.69 Å². The van der Waals surface area contributed by atoms with Gasteiger partial charge in [0, 0.05) is 18.4 Å². The molecule has 1 aliphatic carbocycles. The first kappa shape index (κ1) is 13.6.